The van der Waals surface area contributed by atoms with Gasteiger partial charge in [0, 0.05) is 18.1 Å². The van der Waals surface area contributed by atoms with Crippen LogP contribution in [-0.4, -0.2) is 24.1 Å². The number of fused-ring (bicyclic) bond motifs is 1. The Balaban J connectivity index is 1.70. The smallest absolute Gasteiger partial charge is 0.335 e. The van der Waals surface area contributed by atoms with Crippen molar-refractivity contribution in [3.05, 3.63) is 60.1 Å². The van der Waals surface area contributed by atoms with Crippen molar-refractivity contribution in [2.24, 2.45) is 0 Å². The first-order chi connectivity index (χ1) is 13.0. The second-order valence-electron chi connectivity index (χ2n) is 5.86. The van der Waals surface area contributed by atoms with Gasteiger partial charge in [-0.05, 0) is 43.7 Å². The van der Waals surface area contributed by atoms with E-state index in [2.05, 4.69) is 15.6 Å². The van der Waals surface area contributed by atoms with E-state index in [0.29, 0.717) is 30.2 Å². The molecule has 27 heavy (non-hydrogen) atoms. The molecule has 0 unspecified atom stereocenters. The van der Waals surface area contributed by atoms with Crippen LogP contribution in [0.4, 0.5) is 11.4 Å². The Hall–Kier alpha value is -2.47. The average molecular weight is 387 g/mol. The highest BCUT2D eigenvalue weighted by Crippen LogP contribution is 2.51. The molecule has 2 heterocycles. The Labute approximate surface area is 158 Å². The average Bonchev–Trinajstić information content (AvgIpc) is 2.96. The normalized spacial score (nSPS) is 14.9. The number of pyridine rings is 1. The minimum atomic E-state index is -3.13. The van der Waals surface area contributed by atoms with Gasteiger partial charge in [0.05, 0.1) is 30.6 Å². The van der Waals surface area contributed by atoms with Gasteiger partial charge in [-0.1, -0.05) is 12.1 Å². The zero-order valence-corrected chi connectivity index (χ0v) is 16.2. The number of rotatable bonds is 8. The summed E-state index contributed by atoms with van der Waals surface area (Å²) in [6.45, 7) is 4.25. The molecule has 1 aliphatic heterocycles. The maximum absolute atomic E-state index is 12.6. The molecule has 0 fully saturated rings. The Morgan fingerprint density at radius 2 is 1.85 bits per heavy atom. The van der Waals surface area contributed by atoms with Gasteiger partial charge in [0.25, 0.3) is 5.91 Å². The van der Waals surface area contributed by atoms with Gasteiger partial charge in [-0.3, -0.25) is 14.3 Å². The van der Waals surface area contributed by atoms with E-state index in [-0.39, 0.29) is 12.1 Å². The summed E-state index contributed by atoms with van der Waals surface area (Å²) in [5, 5.41) is 5.88. The highest BCUT2D eigenvalue weighted by atomic mass is 31.2. The lowest BCUT2D eigenvalue weighted by Crippen LogP contribution is -2.05. The number of anilines is 2. The number of benzene rings is 1. The quantitative estimate of drug-likeness (QED) is 0.520. The Morgan fingerprint density at radius 3 is 2.52 bits per heavy atom. The van der Waals surface area contributed by atoms with Gasteiger partial charge in [0.2, 0.25) is 0 Å². The van der Waals surface area contributed by atoms with Crippen molar-refractivity contribution < 1.29 is 18.4 Å². The number of carbonyl (C=O) groups is 1. The molecule has 3 rings (SSSR count). The van der Waals surface area contributed by atoms with Crippen molar-refractivity contribution in [2.75, 3.05) is 23.8 Å². The molecule has 1 amide bonds. The summed E-state index contributed by atoms with van der Waals surface area (Å²) in [4.78, 5) is 16.3. The van der Waals surface area contributed by atoms with Crippen molar-refractivity contribution in [3.63, 3.8) is 0 Å². The molecule has 0 bridgehead atoms. The standard InChI is InChI=1S/C19H22N3O4P/c1-3-25-27(24,26-4-2)13-14-7-9-15(10-8-14)21-12-16-18-17(22-19(16)23)6-5-11-20-18/h5-12,21H,3-4,13H2,1-2H3,(H,22,23). The molecule has 0 radical (unpaired) electrons. The molecule has 1 aromatic heterocycles. The summed E-state index contributed by atoms with van der Waals surface area (Å²) < 4.78 is 23.2. The Bertz CT molecular complexity index is 886. The fraction of sp³-hybridized carbons (Fsp3) is 0.263. The van der Waals surface area contributed by atoms with Crippen LogP contribution in [0.2, 0.25) is 0 Å². The molecule has 0 saturated heterocycles. The van der Waals surface area contributed by atoms with Crippen molar-refractivity contribution in [3.8, 4) is 0 Å². The molecule has 1 aliphatic rings. The lowest BCUT2D eigenvalue weighted by molar-refractivity contribution is -0.110. The Morgan fingerprint density at radius 1 is 1.15 bits per heavy atom. The van der Waals surface area contributed by atoms with E-state index in [9.17, 15) is 9.36 Å². The number of hydrogen-bond donors (Lipinski definition) is 2. The summed E-state index contributed by atoms with van der Waals surface area (Å²) in [5.74, 6) is -0.192. The lowest BCUT2D eigenvalue weighted by Gasteiger charge is -2.17. The van der Waals surface area contributed by atoms with Crippen molar-refractivity contribution >= 4 is 30.5 Å². The summed E-state index contributed by atoms with van der Waals surface area (Å²) in [6.07, 6.45) is 3.50. The number of nitrogens with one attached hydrogen (secondary N) is 2. The highest BCUT2D eigenvalue weighted by Gasteiger charge is 2.25. The monoisotopic (exact) mass is 387 g/mol. The SMILES string of the molecule is CCOP(=O)(Cc1ccc(NC=C2C(=O)Nc3cccnc32)cc1)OCC. The fourth-order valence-corrected chi connectivity index (χ4v) is 4.46. The van der Waals surface area contributed by atoms with E-state index < -0.39 is 7.60 Å². The van der Waals surface area contributed by atoms with E-state index in [4.69, 9.17) is 9.05 Å². The molecule has 0 aliphatic carbocycles. The Kier molecular flexibility index (Phi) is 6.06. The molecule has 2 aromatic rings. The molecular weight excluding hydrogens is 365 g/mol. The fourth-order valence-electron chi connectivity index (χ4n) is 2.76. The van der Waals surface area contributed by atoms with Crippen LogP contribution in [0.15, 0.2) is 48.8 Å². The molecule has 2 N–H and O–H groups in total. The van der Waals surface area contributed by atoms with Crippen LogP contribution >= 0.6 is 7.60 Å². The van der Waals surface area contributed by atoms with Gasteiger partial charge in [0.15, 0.2) is 0 Å². The summed E-state index contributed by atoms with van der Waals surface area (Å²) >= 11 is 0. The number of amides is 1. The molecule has 1 aromatic carbocycles. The molecule has 7 nitrogen and oxygen atoms in total. The predicted molar refractivity (Wildman–Crippen MR) is 105 cm³/mol. The van der Waals surface area contributed by atoms with Crippen molar-refractivity contribution in [2.45, 2.75) is 20.0 Å². The summed E-state index contributed by atoms with van der Waals surface area (Å²) in [7, 11) is -3.13. The zero-order chi connectivity index (χ0) is 19.3. The maximum atomic E-state index is 12.6. The van der Waals surface area contributed by atoms with Crippen LogP contribution in [0.1, 0.15) is 25.1 Å². The third-order valence-corrected chi connectivity index (χ3v) is 5.98. The molecule has 8 heteroatoms. The molecule has 0 saturated carbocycles. The number of nitrogens with zero attached hydrogens (tertiary/aromatic N) is 1. The van der Waals surface area contributed by atoms with Crippen LogP contribution in [0, 0.1) is 0 Å². The van der Waals surface area contributed by atoms with Gasteiger partial charge in [-0.15, -0.1) is 0 Å². The van der Waals surface area contributed by atoms with Gasteiger partial charge in [-0.25, -0.2) is 0 Å². The van der Waals surface area contributed by atoms with Crippen LogP contribution < -0.4 is 10.6 Å². The first-order valence-electron chi connectivity index (χ1n) is 8.75. The second kappa shape index (κ2) is 8.48. The van der Waals surface area contributed by atoms with E-state index in [1.807, 2.05) is 30.3 Å². The first-order valence-corrected chi connectivity index (χ1v) is 10.5. The molecule has 142 valence electrons. The van der Waals surface area contributed by atoms with E-state index in [0.717, 1.165) is 11.3 Å². The van der Waals surface area contributed by atoms with Gasteiger partial charge < -0.3 is 19.7 Å². The van der Waals surface area contributed by atoms with Crippen LogP contribution in [0.25, 0.3) is 5.57 Å². The lowest BCUT2D eigenvalue weighted by atomic mass is 10.2. The van der Waals surface area contributed by atoms with Gasteiger partial charge >= 0.3 is 7.60 Å². The molecular formula is C19H22N3O4P. The third-order valence-electron chi connectivity index (χ3n) is 3.92. The predicted octanol–water partition coefficient (Wildman–Crippen LogP) is 4.25. The largest absolute Gasteiger partial charge is 0.361 e. The first kappa shape index (κ1) is 19.3. The van der Waals surface area contributed by atoms with E-state index in [1.165, 1.54) is 0 Å². The maximum Gasteiger partial charge on any atom is 0.335 e. The van der Waals surface area contributed by atoms with Crippen LogP contribution in [0.3, 0.4) is 0 Å². The number of carbonyl (C=O) groups excluding carboxylic acids is 1. The van der Waals surface area contributed by atoms with Gasteiger partial charge in [0.1, 0.15) is 5.69 Å². The molecule has 0 spiro atoms. The van der Waals surface area contributed by atoms with Crippen molar-refractivity contribution in [1.29, 1.82) is 0 Å². The minimum absolute atomic E-state index is 0.192. The summed E-state index contributed by atoms with van der Waals surface area (Å²) in [5.41, 5.74) is 3.46. The second-order valence-corrected chi connectivity index (χ2v) is 7.91. The number of hydrogen-bond acceptors (Lipinski definition) is 6. The minimum Gasteiger partial charge on any atom is -0.361 e. The van der Waals surface area contributed by atoms with Gasteiger partial charge in [-0.2, -0.15) is 0 Å². The van der Waals surface area contributed by atoms with E-state index >= 15 is 0 Å². The topological polar surface area (TPSA) is 89.5 Å². The van der Waals surface area contributed by atoms with E-state index in [1.54, 1.807) is 32.3 Å². The number of aromatic nitrogens is 1. The highest BCUT2D eigenvalue weighted by molar-refractivity contribution is 7.53. The summed E-state index contributed by atoms with van der Waals surface area (Å²) in [6, 6.07) is 11.0. The third kappa shape index (κ3) is 4.63. The van der Waals surface area contributed by atoms with Crippen LogP contribution in [-0.2, 0) is 24.6 Å². The molecule has 0 atom stereocenters. The zero-order valence-electron chi connectivity index (χ0n) is 15.3. The van der Waals surface area contributed by atoms with Crippen LogP contribution in [0.5, 0.6) is 0 Å². The van der Waals surface area contributed by atoms with Crippen molar-refractivity contribution in [1.82, 2.24) is 4.98 Å².